The zero-order valence-electron chi connectivity index (χ0n) is 23.4. The lowest BCUT2D eigenvalue weighted by molar-refractivity contribution is 0.135. The van der Waals surface area contributed by atoms with Gasteiger partial charge in [0.1, 0.15) is 29.5 Å². The number of nitrogens with zero attached hydrogens (tertiary/aromatic N) is 5. The van der Waals surface area contributed by atoms with E-state index in [-0.39, 0.29) is 28.3 Å². The van der Waals surface area contributed by atoms with E-state index in [4.69, 9.17) is 16.1 Å². The molecule has 2 atom stereocenters. The van der Waals surface area contributed by atoms with Gasteiger partial charge in [0.25, 0.3) is 0 Å². The van der Waals surface area contributed by atoms with Crippen molar-refractivity contribution in [3.05, 3.63) is 53.7 Å². The van der Waals surface area contributed by atoms with Gasteiger partial charge in [-0.25, -0.2) is 8.78 Å². The van der Waals surface area contributed by atoms with E-state index in [0.717, 1.165) is 51.9 Å². The Labute approximate surface area is 243 Å². The molecule has 1 aliphatic carbocycles. The minimum atomic E-state index is -0.598. The molecule has 3 saturated heterocycles. The molecule has 1 saturated carbocycles. The number of piperazine rings is 1. The van der Waals surface area contributed by atoms with E-state index in [1.54, 1.807) is 24.4 Å². The average molecular weight is 567 g/mol. The number of hydrogen-bond acceptors (Lipinski definition) is 7. The van der Waals surface area contributed by atoms with Crippen LogP contribution in [-0.2, 0) is 0 Å². The molecule has 9 heteroatoms. The Bertz CT molecular complexity index is 1750. The highest BCUT2D eigenvalue weighted by atomic mass is 19.1. The molecule has 7 nitrogen and oxygen atoms in total. The van der Waals surface area contributed by atoms with Crippen LogP contribution in [0.2, 0.25) is 0 Å². The Kier molecular flexibility index (Phi) is 6.06. The maximum atomic E-state index is 16.7. The number of anilines is 1. The minimum absolute atomic E-state index is 0.0315. The van der Waals surface area contributed by atoms with Crippen molar-refractivity contribution in [2.24, 2.45) is 0 Å². The van der Waals surface area contributed by atoms with Crippen molar-refractivity contribution in [3.63, 3.8) is 0 Å². The molecule has 2 aromatic heterocycles. The molecule has 2 aromatic carbocycles. The van der Waals surface area contributed by atoms with Crippen LogP contribution in [0.15, 0.2) is 36.5 Å². The largest absolute Gasteiger partial charge is 0.461 e. The van der Waals surface area contributed by atoms with E-state index < -0.39 is 11.6 Å². The van der Waals surface area contributed by atoms with Crippen molar-refractivity contribution in [1.82, 2.24) is 25.2 Å². The highest BCUT2D eigenvalue weighted by Gasteiger charge is 2.49. The molecule has 2 bridgehead atoms. The first-order valence-electron chi connectivity index (χ1n) is 15.0. The van der Waals surface area contributed by atoms with Crippen molar-refractivity contribution in [1.29, 1.82) is 0 Å². The van der Waals surface area contributed by atoms with Crippen LogP contribution < -0.4 is 15.0 Å². The summed E-state index contributed by atoms with van der Waals surface area (Å²) in [6.07, 6.45) is 14.2. The lowest BCUT2D eigenvalue weighted by Crippen LogP contribution is -2.51. The van der Waals surface area contributed by atoms with Crippen molar-refractivity contribution in [2.45, 2.75) is 56.1 Å². The van der Waals surface area contributed by atoms with Gasteiger partial charge >= 0.3 is 6.01 Å². The van der Waals surface area contributed by atoms with Crippen molar-refractivity contribution in [2.75, 3.05) is 37.7 Å². The highest BCUT2D eigenvalue weighted by molar-refractivity contribution is 6.02. The number of aromatic nitrogens is 3. The maximum absolute atomic E-state index is 16.7. The van der Waals surface area contributed by atoms with Gasteiger partial charge in [-0.15, -0.1) is 6.42 Å². The van der Waals surface area contributed by atoms with E-state index in [2.05, 4.69) is 31.0 Å². The molecule has 5 heterocycles. The first kappa shape index (κ1) is 25.8. The van der Waals surface area contributed by atoms with Crippen LogP contribution >= 0.6 is 0 Å². The molecule has 4 aromatic rings. The van der Waals surface area contributed by atoms with Crippen molar-refractivity contribution in [3.8, 4) is 29.6 Å². The lowest BCUT2D eigenvalue weighted by atomic mass is 9.96. The van der Waals surface area contributed by atoms with E-state index >= 15 is 4.39 Å². The number of terminal acetylenes is 1. The smallest absolute Gasteiger partial charge is 0.319 e. The summed E-state index contributed by atoms with van der Waals surface area (Å²) in [6, 6.07) is 9.25. The van der Waals surface area contributed by atoms with Gasteiger partial charge in [0.15, 0.2) is 5.82 Å². The molecule has 4 aliphatic rings. The molecule has 214 valence electrons. The molecule has 1 N–H and O–H groups in total. The second-order valence-corrected chi connectivity index (χ2v) is 12.2. The van der Waals surface area contributed by atoms with Gasteiger partial charge in [-0.1, -0.05) is 30.2 Å². The summed E-state index contributed by atoms with van der Waals surface area (Å²) in [6.45, 7) is 4.21. The van der Waals surface area contributed by atoms with Crippen LogP contribution in [0, 0.1) is 24.0 Å². The third kappa shape index (κ3) is 4.19. The second-order valence-electron chi connectivity index (χ2n) is 12.2. The number of ether oxygens (including phenoxy) is 1. The van der Waals surface area contributed by atoms with Crippen LogP contribution in [0.3, 0.4) is 0 Å². The second kappa shape index (κ2) is 9.85. The Morgan fingerprint density at radius 3 is 2.57 bits per heavy atom. The summed E-state index contributed by atoms with van der Waals surface area (Å²) in [7, 11) is 0. The monoisotopic (exact) mass is 566 g/mol. The molecule has 0 spiro atoms. The van der Waals surface area contributed by atoms with Gasteiger partial charge in [0, 0.05) is 42.3 Å². The normalized spacial score (nSPS) is 23.0. The molecule has 8 rings (SSSR count). The summed E-state index contributed by atoms with van der Waals surface area (Å²) >= 11 is 0. The van der Waals surface area contributed by atoms with Gasteiger partial charge < -0.3 is 15.0 Å². The fraction of sp³-hybridized carbons (Fsp3) is 0.424. The zero-order valence-corrected chi connectivity index (χ0v) is 23.4. The van der Waals surface area contributed by atoms with E-state index in [9.17, 15) is 4.39 Å². The molecule has 3 aliphatic heterocycles. The van der Waals surface area contributed by atoms with Crippen LogP contribution in [0.25, 0.3) is 32.9 Å². The molecular weight excluding hydrogens is 534 g/mol. The minimum Gasteiger partial charge on any atom is -0.461 e. The highest BCUT2D eigenvalue weighted by Crippen LogP contribution is 2.44. The third-order valence-corrected chi connectivity index (χ3v) is 9.63. The van der Waals surface area contributed by atoms with E-state index in [0.29, 0.717) is 46.2 Å². The predicted octanol–water partition coefficient (Wildman–Crippen LogP) is 5.05. The van der Waals surface area contributed by atoms with Crippen molar-refractivity contribution < 1.29 is 13.5 Å². The Balaban J connectivity index is 1.25. The number of pyridine rings is 1. The van der Waals surface area contributed by atoms with Gasteiger partial charge in [-0.2, -0.15) is 9.97 Å². The van der Waals surface area contributed by atoms with Gasteiger partial charge in [-0.3, -0.25) is 9.88 Å². The first-order valence-corrected chi connectivity index (χ1v) is 15.0. The Morgan fingerprint density at radius 1 is 1.05 bits per heavy atom. The molecule has 0 amide bonds. The molecule has 42 heavy (non-hydrogen) atoms. The maximum Gasteiger partial charge on any atom is 0.319 e. The van der Waals surface area contributed by atoms with Crippen LogP contribution in [-0.4, -0.2) is 70.3 Å². The standard InChI is InChI=1S/C33H32F2N6O/c1-2-23-26(34)11-8-20-6-5-7-24(27(20)23)29-28(35)30-25(16-36-29)31(40-17-21-9-10-22(18-40)37-21)39-32(38-30)42-19-33(12-13-33)41-14-3-4-15-41/h1,5-8,11,16,21-22,37H,3-4,9-10,12-15,17-19H2/t21-,22+. The SMILES string of the molecule is C#Cc1c(F)ccc2cccc(-c3ncc4c(N5C[C@H]6CC[C@@H](C5)N6)nc(OCC5(N6CCCC6)CC5)nc4c3F)c12. The Morgan fingerprint density at radius 2 is 1.83 bits per heavy atom. The van der Waals surface area contributed by atoms with E-state index in [1.807, 2.05) is 6.07 Å². The quantitative estimate of drug-likeness (QED) is 0.328. The number of likely N-dealkylation sites (tertiary alicyclic amines) is 1. The number of halogens is 2. The fourth-order valence-electron chi connectivity index (χ4n) is 7.26. The summed E-state index contributed by atoms with van der Waals surface area (Å²) in [4.78, 5) is 18.8. The van der Waals surface area contributed by atoms with Gasteiger partial charge in [0.2, 0.25) is 0 Å². The fourth-order valence-corrected chi connectivity index (χ4v) is 7.26. The van der Waals surface area contributed by atoms with Crippen LogP contribution in [0.1, 0.15) is 44.1 Å². The topological polar surface area (TPSA) is 66.4 Å². The molecule has 0 unspecified atom stereocenters. The van der Waals surface area contributed by atoms with Crippen molar-refractivity contribution >= 4 is 27.5 Å². The van der Waals surface area contributed by atoms with Crippen LogP contribution in [0.4, 0.5) is 14.6 Å². The summed E-state index contributed by atoms with van der Waals surface area (Å²) in [5.74, 6) is 1.97. The number of nitrogens with one attached hydrogen (secondary N) is 1. The first-order chi connectivity index (χ1) is 20.5. The van der Waals surface area contributed by atoms with E-state index in [1.165, 1.54) is 18.9 Å². The summed E-state index contributed by atoms with van der Waals surface area (Å²) < 4.78 is 37.7. The molecule has 0 radical (unpaired) electrons. The Hall–Kier alpha value is -3.87. The van der Waals surface area contributed by atoms with Gasteiger partial charge in [0.05, 0.1) is 16.5 Å². The van der Waals surface area contributed by atoms with Gasteiger partial charge in [-0.05, 0) is 63.1 Å². The lowest BCUT2D eigenvalue weighted by Gasteiger charge is -2.34. The number of fused-ring (bicyclic) bond motifs is 4. The predicted molar refractivity (Wildman–Crippen MR) is 159 cm³/mol. The number of rotatable bonds is 6. The third-order valence-electron chi connectivity index (χ3n) is 9.63. The zero-order chi connectivity index (χ0) is 28.4. The molecule has 4 fully saturated rings. The van der Waals surface area contributed by atoms with Crippen LogP contribution in [0.5, 0.6) is 6.01 Å². The number of benzene rings is 2. The summed E-state index contributed by atoms with van der Waals surface area (Å²) in [5.41, 5.74) is 0.761. The summed E-state index contributed by atoms with van der Waals surface area (Å²) in [5, 5.41) is 5.36. The number of hydrogen-bond donors (Lipinski definition) is 1. The average Bonchev–Trinajstić information content (AvgIpc) is 3.42. The molecular formula is C33H32F2N6O.